The Balaban J connectivity index is 1.54. The molecule has 0 bridgehead atoms. The molecule has 3 rings (SSSR count). The van der Waals surface area contributed by atoms with Crippen molar-refractivity contribution >= 4 is 5.82 Å². The van der Waals surface area contributed by atoms with Crippen LogP contribution in [0.25, 0.3) is 11.5 Å². The van der Waals surface area contributed by atoms with Gasteiger partial charge in [-0.1, -0.05) is 12.1 Å². The fourth-order valence-electron chi connectivity index (χ4n) is 2.91. The summed E-state index contributed by atoms with van der Waals surface area (Å²) in [6, 6.07) is 3.83. The number of hydrogen-bond donors (Lipinski definition) is 1. The monoisotopic (exact) mass is 301 g/mol. The van der Waals surface area contributed by atoms with Gasteiger partial charge in [0.05, 0.1) is 0 Å². The lowest BCUT2D eigenvalue weighted by Gasteiger charge is -2.30. The van der Waals surface area contributed by atoms with Gasteiger partial charge in [0, 0.05) is 31.4 Å². The number of pyridine rings is 1. The first-order valence-corrected chi connectivity index (χ1v) is 7.93. The molecule has 1 aliphatic heterocycles. The second-order valence-electron chi connectivity index (χ2n) is 6.05. The second kappa shape index (κ2) is 6.87. The zero-order valence-electron chi connectivity index (χ0n) is 13.2. The molecule has 0 aromatic carbocycles. The zero-order valence-corrected chi connectivity index (χ0v) is 13.2. The van der Waals surface area contributed by atoms with Gasteiger partial charge in [-0.3, -0.25) is 0 Å². The second-order valence-corrected chi connectivity index (χ2v) is 6.05. The highest BCUT2D eigenvalue weighted by atomic mass is 16.5. The van der Waals surface area contributed by atoms with Crippen molar-refractivity contribution < 1.29 is 4.52 Å². The van der Waals surface area contributed by atoms with Crippen LogP contribution in [0.4, 0.5) is 5.82 Å². The van der Waals surface area contributed by atoms with Crippen molar-refractivity contribution in [1.82, 2.24) is 20.0 Å². The molecule has 0 saturated carbocycles. The predicted octanol–water partition coefficient (Wildman–Crippen LogP) is 2.58. The fourth-order valence-corrected chi connectivity index (χ4v) is 2.91. The Labute approximate surface area is 130 Å². The third kappa shape index (κ3) is 3.82. The quantitative estimate of drug-likeness (QED) is 0.915. The van der Waals surface area contributed by atoms with Crippen molar-refractivity contribution in [2.75, 3.05) is 31.5 Å². The van der Waals surface area contributed by atoms with Crippen LogP contribution in [0.5, 0.6) is 0 Å². The van der Waals surface area contributed by atoms with E-state index in [1.165, 1.54) is 25.9 Å². The minimum Gasteiger partial charge on any atom is -0.369 e. The average Bonchev–Trinajstić information content (AvgIpc) is 2.94. The van der Waals surface area contributed by atoms with E-state index in [0.29, 0.717) is 11.7 Å². The summed E-state index contributed by atoms with van der Waals surface area (Å²) in [6.07, 6.45) is 4.43. The lowest BCUT2D eigenvalue weighted by atomic mass is 10.0. The maximum atomic E-state index is 5.19. The van der Waals surface area contributed by atoms with Crippen LogP contribution in [0.15, 0.2) is 22.9 Å². The van der Waals surface area contributed by atoms with Gasteiger partial charge in [-0.25, -0.2) is 4.98 Å². The van der Waals surface area contributed by atoms with E-state index in [1.54, 1.807) is 6.20 Å². The molecule has 0 amide bonds. The normalized spacial score (nSPS) is 19.3. The molecule has 3 heterocycles. The molecule has 0 spiro atoms. The molecule has 22 heavy (non-hydrogen) atoms. The molecule has 118 valence electrons. The highest BCUT2D eigenvalue weighted by Gasteiger charge is 2.15. The molecular formula is C16H23N5O. The highest BCUT2D eigenvalue weighted by molar-refractivity contribution is 5.57. The van der Waals surface area contributed by atoms with E-state index < -0.39 is 0 Å². The molecule has 1 saturated heterocycles. The van der Waals surface area contributed by atoms with Gasteiger partial charge in [0.25, 0.3) is 5.89 Å². The Morgan fingerprint density at radius 1 is 1.45 bits per heavy atom. The van der Waals surface area contributed by atoms with Crippen LogP contribution in [0.3, 0.4) is 0 Å². The summed E-state index contributed by atoms with van der Waals surface area (Å²) in [5, 5.41) is 7.20. The standard InChI is InChI=1S/C16H23N5O/c1-12-4-3-8-21(11-12)9-7-18-15-10-14(5-6-17-15)16-19-13(2)20-22-16/h5-6,10,12H,3-4,7-9,11H2,1-2H3,(H,17,18). The van der Waals surface area contributed by atoms with Crippen molar-refractivity contribution in [3.8, 4) is 11.5 Å². The number of nitrogens with zero attached hydrogens (tertiary/aromatic N) is 4. The molecule has 1 unspecified atom stereocenters. The fraction of sp³-hybridized carbons (Fsp3) is 0.562. The van der Waals surface area contributed by atoms with Crippen LogP contribution >= 0.6 is 0 Å². The number of likely N-dealkylation sites (tertiary alicyclic amines) is 1. The summed E-state index contributed by atoms with van der Waals surface area (Å²) in [5.41, 5.74) is 0.893. The first-order chi connectivity index (χ1) is 10.7. The van der Waals surface area contributed by atoms with E-state index in [1.807, 2.05) is 19.1 Å². The summed E-state index contributed by atoms with van der Waals surface area (Å²) in [7, 11) is 0. The van der Waals surface area contributed by atoms with E-state index in [-0.39, 0.29) is 0 Å². The van der Waals surface area contributed by atoms with Crippen molar-refractivity contribution in [3.63, 3.8) is 0 Å². The van der Waals surface area contributed by atoms with Gasteiger partial charge in [-0.05, 0) is 44.4 Å². The minimum absolute atomic E-state index is 0.535. The van der Waals surface area contributed by atoms with E-state index >= 15 is 0 Å². The molecule has 0 aliphatic carbocycles. The molecule has 1 fully saturated rings. The largest absolute Gasteiger partial charge is 0.369 e. The molecule has 2 aromatic heterocycles. The summed E-state index contributed by atoms with van der Waals surface area (Å²) in [4.78, 5) is 11.1. The summed E-state index contributed by atoms with van der Waals surface area (Å²) in [5.74, 6) is 2.84. The van der Waals surface area contributed by atoms with Gasteiger partial charge in [0.2, 0.25) is 0 Å². The Morgan fingerprint density at radius 3 is 3.14 bits per heavy atom. The maximum Gasteiger partial charge on any atom is 0.258 e. The van der Waals surface area contributed by atoms with Crippen molar-refractivity contribution in [2.45, 2.75) is 26.7 Å². The molecule has 1 N–H and O–H groups in total. The smallest absolute Gasteiger partial charge is 0.258 e. The van der Waals surface area contributed by atoms with Gasteiger partial charge >= 0.3 is 0 Å². The summed E-state index contributed by atoms with van der Waals surface area (Å²) < 4.78 is 5.19. The first-order valence-electron chi connectivity index (χ1n) is 7.93. The lowest BCUT2D eigenvalue weighted by Crippen LogP contribution is -2.37. The lowest BCUT2D eigenvalue weighted by molar-refractivity contribution is 0.190. The van der Waals surface area contributed by atoms with Crippen LogP contribution in [0, 0.1) is 12.8 Å². The first kappa shape index (κ1) is 15.0. The zero-order chi connectivity index (χ0) is 15.4. The number of aryl methyl sites for hydroxylation is 1. The number of aromatic nitrogens is 3. The Morgan fingerprint density at radius 2 is 2.36 bits per heavy atom. The van der Waals surface area contributed by atoms with E-state index in [4.69, 9.17) is 4.52 Å². The Bertz CT molecular complexity index is 612. The van der Waals surface area contributed by atoms with Gasteiger partial charge in [0.1, 0.15) is 5.82 Å². The number of nitrogens with one attached hydrogen (secondary N) is 1. The number of rotatable bonds is 5. The minimum atomic E-state index is 0.535. The van der Waals surface area contributed by atoms with Crippen molar-refractivity contribution in [3.05, 3.63) is 24.2 Å². The van der Waals surface area contributed by atoms with E-state index in [0.717, 1.165) is 30.4 Å². The third-order valence-corrected chi connectivity index (χ3v) is 4.01. The van der Waals surface area contributed by atoms with Gasteiger partial charge in [-0.2, -0.15) is 4.98 Å². The SMILES string of the molecule is Cc1noc(-c2ccnc(NCCN3CCCC(C)C3)c2)n1. The summed E-state index contributed by atoms with van der Waals surface area (Å²) in [6.45, 7) is 8.50. The maximum absolute atomic E-state index is 5.19. The van der Waals surface area contributed by atoms with Crippen LogP contribution in [-0.4, -0.2) is 46.2 Å². The molecule has 1 aliphatic rings. The van der Waals surface area contributed by atoms with E-state index in [9.17, 15) is 0 Å². The molecule has 6 heteroatoms. The van der Waals surface area contributed by atoms with Crippen molar-refractivity contribution in [1.29, 1.82) is 0 Å². The molecule has 1 atom stereocenters. The van der Waals surface area contributed by atoms with Crippen LogP contribution in [0.1, 0.15) is 25.6 Å². The predicted molar refractivity (Wildman–Crippen MR) is 85.6 cm³/mol. The molecular weight excluding hydrogens is 278 g/mol. The average molecular weight is 301 g/mol. The molecule has 6 nitrogen and oxygen atoms in total. The number of hydrogen-bond acceptors (Lipinski definition) is 6. The highest BCUT2D eigenvalue weighted by Crippen LogP contribution is 2.19. The van der Waals surface area contributed by atoms with Gasteiger partial charge < -0.3 is 14.7 Å². The summed E-state index contributed by atoms with van der Waals surface area (Å²) >= 11 is 0. The topological polar surface area (TPSA) is 67.1 Å². The van der Waals surface area contributed by atoms with Gasteiger partial charge in [0.15, 0.2) is 5.82 Å². The number of anilines is 1. The van der Waals surface area contributed by atoms with Crippen LogP contribution in [0.2, 0.25) is 0 Å². The number of piperidine rings is 1. The molecule has 2 aromatic rings. The third-order valence-electron chi connectivity index (χ3n) is 4.01. The van der Waals surface area contributed by atoms with Crippen LogP contribution in [-0.2, 0) is 0 Å². The van der Waals surface area contributed by atoms with Crippen molar-refractivity contribution in [2.24, 2.45) is 5.92 Å². The van der Waals surface area contributed by atoms with Crippen LogP contribution < -0.4 is 5.32 Å². The Hall–Kier alpha value is -1.95. The van der Waals surface area contributed by atoms with E-state index in [2.05, 4.69) is 32.3 Å². The molecule has 0 radical (unpaired) electrons. The Kier molecular flexibility index (Phi) is 4.68. The van der Waals surface area contributed by atoms with Gasteiger partial charge in [-0.15, -0.1) is 0 Å².